The van der Waals surface area contributed by atoms with Crippen LogP contribution in [0.25, 0.3) is 0 Å². The van der Waals surface area contributed by atoms with Gasteiger partial charge < -0.3 is 9.84 Å². The summed E-state index contributed by atoms with van der Waals surface area (Å²) >= 11 is 0. The molecule has 0 spiro atoms. The van der Waals surface area contributed by atoms with Crippen LogP contribution < -0.4 is 4.74 Å². The van der Waals surface area contributed by atoms with Gasteiger partial charge in [-0.2, -0.15) is 0 Å². The lowest BCUT2D eigenvalue weighted by atomic mass is 10.1. The third-order valence-electron chi connectivity index (χ3n) is 1.71. The molecular formula is C10H11NO2. The summed E-state index contributed by atoms with van der Waals surface area (Å²) in [6.45, 7) is 0. The highest BCUT2D eigenvalue weighted by Gasteiger charge is 2.11. The first-order chi connectivity index (χ1) is 6.29. The highest BCUT2D eigenvalue weighted by Crippen LogP contribution is 2.25. The number of ether oxygens (including phenoxy) is 1. The molecule has 1 atom stereocenters. The minimum atomic E-state index is -0.678. The van der Waals surface area contributed by atoms with Gasteiger partial charge in [0.15, 0.2) is 0 Å². The minimum absolute atomic E-state index is 0.278. The molecule has 1 rings (SSSR count). The standard InChI is InChI=1S/C10H11NO2/c1-3-4-9(12)8-5-6-11-7-10(8)13-2/h1,5-7,9,12H,4H2,2H3. The molecule has 1 heterocycles. The first kappa shape index (κ1) is 9.56. The third kappa shape index (κ3) is 2.20. The van der Waals surface area contributed by atoms with Gasteiger partial charge in [0.25, 0.3) is 0 Å². The number of methoxy groups -OCH3 is 1. The molecule has 1 unspecified atom stereocenters. The zero-order valence-electron chi connectivity index (χ0n) is 7.40. The van der Waals surface area contributed by atoms with Crippen LogP contribution in [0.1, 0.15) is 18.1 Å². The smallest absolute Gasteiger partial charge is 0.142 e. The fourth-order valence-corrected chi connectivity index (χ4v) is 1.06. The first-order valence-corrected chi connectivity index (χ1v) is 3.89. The average Bonchev–Trinajstić information content (AvgIpc) is 2.18. The van der Waals surface area contributed by atoms with Crippen LogP contribution in [-0.2, 0) is 0 Å². The lowest BCUT2D eigenvalue weighted by Crippen LogP contribution is -1.99. The van der Waals surface area contributed by atoms with E-state index >= 15 is 0 Å². The monoisotopic (exact) mass is 177 g/mol. The number of hydrogen-bond acceptors (Lipinski definition) is 3. The minimum Gasteiger partial charge on any atom is -0.495 e. The predicted molar refractivity (Wildman–Crippen MR) is 49.2 cm³/mol. The van der Waals surface area contributed by atoms with E-state index in [0.29, 0.717) is 11.3 Å². The summed E-state index contributed by atoms with van der Waals surface area (Å²) in [5.41, 5.74) is 0.676. The largest absolute Gasteiger partial charge is 0.495 e. The Morgan fingerprint density at radius 2 is 2.54 bits per heavy atom. The molecule has 0 bridgehead atoms. The van der Waals surface area contributed by atoms with Crippen LogP contribution in [0.2, 0.25) is 0 Å². The number of aromatic nitrogens is 1. The van der Waals surface area contributed by atoms with Gasteiger partial charge in [0.2, 0.25) is 0 Å². The first-order valence-electron chi connectivity index (χ1n) is 3.89. The van der Waals surface area contributed by atoms with E-state index in [-0.39, 0.29) is 6.42 Å². The number of terminal acetylenes is 1. The fourth-order valence-electron chi connectivity index (χ4n) is 1.06. The summed E-state index contributed by atoms with van der Waals surface area (Å²) in [5.74, 6) is 2.95. The fraction of sp³-hybridized carbons (Fsp3) is 0.300. The Bertz CT molecular complexity index is 317. The van der Waals surface area contributed by atoms with E-state index < -0.39 is 6.10 Å². The van der Waals surface area contributed by atoms with Gasteiger partial charge in [-0.15, -0.1) is 12.3 Å². The van der Waals surface area contributed by atoms with Crippen LogP contribution in [0, 0.1) is 12.3 Å². The van der Waals surface area contributed by atoms with E-state index in [0.717, 1.165) is 0 Å². The van der Waals surface area contributed by atoms with Crippen molar-refractivity contribution in [3.05, 3.63) is 24.0 Å². The van der Waals surface area contributed by atoms with Crippen molar-refractivity contribution in [1.29, 1.82) is 0 Å². The molecule has 0 amide bonds. The topological polar surface area (TPSA) is 42.4 Å². The molecule has 0 radical (unpaired) electrons. The molecule has 0 aromatic carbocycles. The zero-order chi connectivity index (χ0) is 9.68. The van der Waals surface area contributed by atoms with Crippen LogP contribution >= 0.6 is 0 Å². The van der Waals surface area contributed by atoms with Gasteiger partial charge in [-0.05, 0) is 6.07 Å². The summed E-state index contributed by atoms with van der Waals surface area (Å²) < 4.78 is 5.02. The van der Waals surface area contributed by atoms with Crippen molar-refractivity contribution in [2.75, 3.05) is 7.11 Å². The van der Waals surface area contributed by atoms with E-state index in [1.165, 1.54) is 7.11 Å². The van der Waals surface area contributed by atoms with Crippen LogP contribution in [0.4, 0.5) is 0 Å². The summed E-state index contributed by atoms with van der Waals surface area (Å²) in [6.07, 6.45) is 7.84. The second-order valence-electron chi connectivity index (χ2n) is 2.54. The highest BCUT2D eigenvalue weighted by atomic mass is 16.5. The molecule has 1 aromatic rings. The van der Waals surface area contributed by atoms with Crippen LogP contribution in [-0.4, -0.2) is 17.2 Å². The van der Waals surface area contributed by atoms with Crippen molar-refractivity contribution in [3.63, 3.8) is 0 Å². The second kappa shape index (κ2) is 4.48. The van der Waals surface area contributed by atoms with Crippen molar-refractivity contribution in [1.82, 2.24) is 4.98 Å². The average molecular weight is 177 g/mol. The van der Waals surface area contributed by atoms with E-state index in [4.69, 9.17) is 11.2 Å². The highest BCUT2D eigenvalue weighted by molar-refractivity contribution is 5.32. The summed E-state index contributed by atoms with van der Waals surface area (Å²) in [7, 11) is 1.53. The number of rotatable bonds is 3. The van der Waals surface area contributed by atoms with Crippen LogP contribution in [0.3, 0.4) is 0 Å². The Morgan fingerprint density at radius 1 is 1.77 bits per heavy atom. The molecular weight excluding hydrogens is 166 g/mol. The van der Waals surface area contributed by atoms with Crippen molar-refractivity contribution in [3.8, 4) is 18.1 Å². The maximum absolute atomic E-state index is 9.58. The number of aliphatic hydroxyl groups is 1. The summed E-state index contributed by atoms with van der Waals surface area (Å²) in [6, 6.07) is 1.70. The van der Waals surface area contributed by atoms with Crippen molar-refractivity contribution in [2.45, 2.75) is 12.5 Å². The number of aliphatic hydroxyl groups excluding tert-OH is 1. The molecule has 0 aliphatic heterocycles. The second-order valence-corrected chi connectivity index (χ2v) is 2.54. The van der Waals surface area contributed by atoms with Gasteiger partial charge in [0.05, 0.1) is 19.4 Å². The molecule has 68 valence electrons. The maximum Gasteiger partial charge on any atom is 0.142 e. The van der Waals surface area contributed by atoms with Gasteiger partial charge in [-0.3, -0.25) is 4.98 Å². The number of nitrogens with zero attached hydrogens (tertiary/aromatic N) is 1. The summed E-state index contributed by atoms with van der Waals surface area (Å²) in [5, 5.41) is 9.58. The predicted octanol–water partition coefficient (Wildman–Crippen LogP) is 1.15. The molecule has 1 aromatic heterocycles. The Labute approximate surface area is 77.4 Å². The lowest BCUT2D eigenvalue weighted by molar-refractivity contribution is 0.179. The molecule has 3 nitrogen and oxygen atoms in total. The molecule has 0 fully saturated rings. The zero-order valence-corrected chi connectivity index (χ0v) is 7.40. The Balaban J connectivity index is 2.93. The molecule has 13 heavy (non-hydrogen) atoms. The van der Waals surface area contributed by atoms with E-state index in [1.807, 2.05) is 0 Å². The molecule has 0 saturated carbocycles. The molecule has 1 N–H and O–H groups in total. The normalized spacial score (nSPS) is 11.8. The summed E-state index contributed by atoms with van der Waals surface area (Å²) in [4.78, 5) is 3.87. The third-order valence-corrected chi connectivity index (χ3v) is 1.71. The van der Waals surface area contributed by atoms with E-state index in [1.54, 1.807) is 18.5 Å². The van der Waals surface area contributed by atoms with Crippen molar-refractivity contribution in [2.24, 2.45) is 0 Å². The number of hydrogen-bond donors (Lipinski definition) is 1. The van der Waals surface area contributed by atoms with E-state index in [9.17, 15) is 5.11 Å². The van der Waals surface area contributed by atoms with Gasteiger partial charge in [-0.25, -0.2) is 0 Å². The Kier molecular flexibility index (Phi) is 3.30. The van der Waals surface area contributed by atoms with Gasteiger partial charge in [0.1, 0.15) is 5.75 Å². The van der Waals surface area contributed by atoms with Gasteiger partial charge >= 0.3 is 0 Å². The SMILES string of the molecule is C#CCC(O)c1ccncc1OC. The van der Waals surface area contributed by atoms with Crippen molar-refractivity contribution >= 4 is 0 Å². The molecule has 0 saturated heterocycles. The molecule has 0 aliphatic rings. The molecule has 0 aliphatic carbocycles. The Hall–Kier alpha value is -1.53. The molecule has 3 heteroatoms. The maximum atomic E-state index is 9.58. The van der Waals surface area contributed by atoms with Crippen LogP contribution in [0.5, 0.6) is 5.75 Å². The lowest BCUT2D eigenvalue weighted by Gasteiger charge is -2.11. The van der Waals surface area contributed by atoms with Crippen molar-refractivity contribution < 1.29 is 9.84 Å². The van der Waals surface area contributed by atoms with Gasteiger partial charge in [-0.1, -0.05) is 0 Å². The van der Waals surface area contributed by atoms with Crippen LogP contribution in [0.15, 0.2) is 18.5 Å². The quantitative estimate of drug-likeness (QED) is 0.704. The number of pyridine rings is 1. The Morgan fingerprint density at radius 3 is 3.15 bits per heavy atom. The van der Waals surface area contributed by atoms with E-state index in [2.05, 4.69) is 10.9 Å². The van der Waals surface area contributed by atoms with Gasteiger partial charge in [0, 0.05) is 18.2 Å².